The van der Waals surface area contributed by atoms with Crippen molar-refractivity contribution in [3.05, 3.63) is 148 Å². The van der Waals surface area contributed by atoms with Gasteiger partial charge in [0.2, 0.25) is 5.52 Å². The standard InChI is InChI=1S/C32H32ClN2.C7H8O3S/c1-3-34-22-20-24(28-12-5-7-14-30(28)34)16-18-26-10-9-11-27(32(26)33)19-17-25-21-23-35(4-2)31-15-8-6-13-29(25)31;1-6-2-4-7(5-3-6)11(8,9)10/h5-8,12-23H,3-4,9-11H2,1-2H3;2-5H,1H3,(H,8,9,10)/q+1;/p-1. The Morgan fingerprint density at radius 1 is 0.913 bits per heavy atom. The number of rotatable bonds is 6. The van der Waals surface area contributed by atoms with Crippen molar-refractivity contribution in [1.82, 2.24) is 0 Å². The van der Waals surface area contributed by atoms with Crippen LogP contribution < -0.4 is 9.47 Å². The van der Waals surface area contributed by atoms with Crippen LogP contribution in [-0.2, 0) is 16.7 Å². The highest BCUT2D eigenvalue weighted by molar-refractivity contribution is 7.85. The molecule has 1 aromatic heterocycles. The van der Waals surface area contributed by atoms with Crippen LogP contribution in [0.25, 0.3) is 22.6 Å². The first-order valence-electron chi connectivity index (χ1n) is 15.7. The maximum Gasteiger partial charge on any atom is 0.213 e. The molecule has 0 amide bonds. The molecule has 0 fully saturated rings. The number of hydrogen-bond donors (Lipinski definition) is 0. The van der Waals surface area contributed by atoms with Crippen molar-refractivity contribution >= 4 is 50.0 Å². The van der Waals surface area contributed by atoms with Crippen LogP contribution in [0.4, 0.5) is 5.69 Å². The van der Waals surface area contributed by atoms with Crippen molar-refractivity contribution in [2.45, 2.75) is 51.5 Å². The van der Waals surface area contributed by atoms with Gasteiger partial charge >= 0.3 is 0 Å². The van der Waals surface area contributed by atoms with Gasteiger partial charge in [-0.2, -0.15) is 4.57 Å². The van der Waals surface area contributed by atoms with E-state index in [1.54, 1.807) is 12.1 Å². The molecule has 7 heteroatoms. The van der Waals surface area contributed by atoms with Crippen LogP contribution in [0.15, 0.2) is 137 Å². The lowest BCUT2D eigenvalue weighted by Gasteiger charge is -2.26. The van der Waals surface area contributed by atoms with E-state index in [0.29, 0.717) is 0 Å². The van der Waals surface area contributed by atoms with Crippen LogP contribution in [0.2, 0.25) is 0 Å². The quantitative estimate of drug-likeness (QED) is 0.154. The van der Waals surface area contributed by atoms with Gasteiger partial charge in [0.25, 0.3) is 0 Å². The number of aromatic nitrogens is 1. The Labute approximate surface area is 277 Å². The first kappa shape index (κ1) is 33.1. The first-order chi connectivity index (χ1) is 22.2. The summed E-state index contributed by atoms with van der Waals surface area (Å²) in [4.78, 5) is 2.11. The number of para-hydroxylation sites is 2. The van der Waals surface area contributed by atoms with E-state index in [1.165, 1.54) is 56.6 Å². The molecule has 0 unspecified atom stereocenters. The second-order valence-corrected chi connectivity index (χ2v) is 13.1. The number of nitrogens with zero attached hydrogens (tertiary/aromatic N) is 2. The molecule has 2 heterocycles. The Hall–Kier alpha value is -4.23. The summed E-state index contributed by atoms with van der Waals surface area (Å²) in [7, 11) is -4.27. The molecule has 0 bridgehead atoms. The highest BCUT2D eigenvalue weighted by Crippen LogP contribution is 2.36. The molecule has 0 saturated heterocycles. The van der Waals surface area contributed by atoms with E-state index in [2.05, 4.69) is 121 Å². The number of pyridine rings is 1. The Morgan fingerprint density at radius 2 is 1.65 bits per heavy atom. The van der Waals surface area contributed by atoms with Crippen molar-refractivity contribution in [2.75, 3.05) is 11.4 Å². The second kappa shape index (κ2) is 14.9. The van der Waals surface area contributed by atoms with Crippen molar-refractivity contribution in [1.29, 1.82) is 0 Å². The molecule has 0 saturated carbocycles. The van der Waals surface area contributed by atoms with Crippen molar-refractivity contribution in [3.63, 3.8) is 0 Å². The highest BCUT2D eigenvalue weighted by atomic mass is 35.5. The summed E-state index contributed by atoms with van der Waals surface area (Å²) >= 11 is 6.94. The van der Waals surface area contributed by atoms with Gasteiger partial charge in [0.05, 0.1) is 10.3 Å². The van der Waals surface area contributed by atoms with E-state index >= 15 is 0 Å². The molecule has 0 radical (unpaired) electrons. The third kappa shape index (κ3) is 7.76. The van der Waals surface area contributed by atoms with E-state index in [-0.39, 0.29) is 4.90 Å². The van der Waals surface area contributed by atoms with E-state index in [1.807, 2.05) is 6.92 Å². The predicted octanol–water partition coefficient (Wildman–Crippen LogP) is 9.10. The number of benzene rings is 3. The van der Waals surface area contributed by atoms with E-state index in [0.717, 1.165) is 42.9 Å². The molecule has 6 rings (SSSR count). The van der Waals surface area contributed by atoms with E-state index in [9.17, 15) is 13.0 Å². The fourth-order valence-corrected chi connectivity index (χ4v) is 6.54. The fourth-order valence-electron chi connectivity index (χ4n) is 5.75. The number of fused-ring (bicyclic) bond motifs is 2. The van der Waals surface area contributed by atoms with Gasteiger partial charge in [-0.15, -0.1) is 0 Å². The molecule has 2 aliphatic rings. The average molecular weight is 651 g/mol. The molecule has 236 valence electrons. The van der Waals surface area contributed by atoms with Gasteiger partial charge in [-0.05, 0) is 92.7 Å². The topological polar surface area (TPSA) is 64.3 Å². The Balaban J connectivity index is 0.000000322. The summed E-state index contributed by atoms with van der Waals surface area (Å²) in [5, 5.41) is 2.17. The van der Waals surface area contributed by atoms with Gasteiger partial charge in [0, 0.05) is 41.2 Å². The summed E-state index contributed by atoms with van der Waals surface area (Å²) in [5.41, 5.74) is 9.61. The molecule has 0 atom stereocenters. The molecule has 1 aliphatic carbocycles. The second-order valence-electron chi connectivity index (χ2n) is 11.3. The summed E-state index contributed by atoms with van der Waals surface area (Å²) in [5.74, 6) is 0. The van der Waals surface area contributed by atoms with Gasteiger partial charge in [-0.3, -0.25) is 0 Å². The minimum absolute atomic E-state index is 0.178. The van der Waals surface area contributed by atoms with Crippen LogP contribution in [0.1, 0.15) is 49.8 Å². The van der Waals surface area contributed by atoms with Gasteiger partial charge in [0.1, 0.15) is 16.7 Å². The lowest BCUT2D eigenvalue weighted by atomic mass is 9.92. The molecule has 1 aliphatic heterocycles. The Kier molecular flexibility index (Phi) is 10.7. The van der Waals surface area contributed by atoms with E-state index in [4.69, 9.17) is 11.6 Å². The summed E-state index contributed by atoms with van der Waals surface area (Å²) in [6, 6.07) is 25.2. The smallest absolute Gasteiger partial charge is 0.213 e. The molecule has 0 spiro atoms. The minimum atomic E-state index is -4.27. The maximum atomic E-state index is 10.4. The molecular weight excluding hydrogens is 612 g/mol. The zero-order valence-electron chi connectivity index (χ0n) is 26.5. The highest BCUT2D eigenvalue weighted by Gasteiger charge is 2.16. The van der Waals surface area contributed by atoms with Crippen LogP contribution in [-0.4, -0.2) is 19.5 Å². The van der Waals surface area contributed by atoms with Crippen LogP contribution in [0.3, 0.4) is 0 Å². The Morgan fingerprint density at radius 3 is 2.39 bits per heavy atom. The summed E-state index contributed by atoms with van der Waals surface area (Å²) < 4.78 is 33.4. The molecule has 0 N–H and O–H groups in total. The summed E-state index contributed by atoms with van der Waals surface area (Å²) in [6.07, 6.45) is 18.6. The van der Waals surface area contributed by atoms with Gasteiger partial charge in [-0.1, -0.05) is 83.9 Å². The maximum absolute atomic E-state index is 10.4. The van der Waals surface area contributed by atoms with E-state index < -0.39 is 10.1 Å². The molecule has 5 nitrogen and oxygen atoms in total. The molecular formula is C39H39ClN2O3S. The largest absolute Gasteiger partial charge is 0.744 e. The first-order valence-corrected chi connectivity index (χ1v) is 17.4. The van der Waals surface area contributed by atoms with Crippen LogP contribution in [0.5, 0.6) is 0 Å². The zero-order chi connectivity index (χ0) is 32.7. The molecule has 4 aromatic rings. The minimum Gasteiger partial charge on any atom is -0.744 e. The van der Waals surface area contributed by atoms with Crippen LogP contribution in [0, 0.1) is 6.92 Å². The average Bonchev–Trinajstić information content (AvgIpc) is 3.07. The zero-order valence-corrected chi connectivity index (χ0v) is 28.1. The number of hydrogen-bond acceptors (Lipinski definition) is 4. The van der Waals surface area contributed by atoms with Crippen molar-refractivity contribution in [2.24, 2.45) is 0 Å². The van der Waals surface area contributed by atoms with Crippen molar-refractivity contribution in [3.8, 4) is 0 Å². The SMILES string of the molecule is CCN1C=C/C(=C\C=C2\CCCC(/C=C/c3cc[n+](CC)c4ccccc34)=C2Cl)c2ccccc21.Cc1ccc(S(=O)(=O)[O-])cc1. The third-order valence-electron chi connectivity index (χ3n) is 8.29. The lowest BCUT2D eigenvalue weighted by Crippen LogP contribution is -2.32. The van der Waals surface area contributed by atoms with Crippen molar-refractivity contribution < 1.29 is 17.5 Å². The predicted molar refractivity (Wildman–Crippen MR) is 189 cm³/mol. The Bertz CT molecular complexity index is 1990. The van der Waals surface area contributed by atoms with Gasteiger partial charge in [0.15, 0.2) is 6.20 Å². The van der Waals surface area contributed by atoms with Crippen LogP contribution >= 0.6 is 11.6 Å². The third-order valence-corrected chi connectivity index (χ3v) is 9.63. The molecule has 46 heavy (non-hydrogen) atoms. The lowest BCUT2D eigenvalue weighted by molar-refractivity contribution is -0.667. The number of anilines is 1. The monoisotopic (exact) mass is 650 g/mol. The summed E-state index contributed by atoms with van der Waals surface area (Å²) in [6.45, 7) is 8.10. The number of aryl methyl sites for hydroxylation is 2. The van der Waals surface area contributed by atoms with Gasteiger partial charge < -0.3 is 9.45 Å². The normalized spacial score (nSPS) is 16.7. The number of allylic oxidation sites excluding steroid dienone is 8. The van der Waals surface area contributed by atoms with Gasteiger partial charge in [-0.25, -0.2) is 8.42 Å². The number of halogens is 1. The molecule has 3 aromatic carbocycles. The fraction of sp³-hybridized carbons (Fsp3) is 0.205.